The molecular weight excluding hydrogens is 704 g/mol. The zero-order chi connectivity index (χ0) is 38.1. The van der Waals surface area contributed by atoms with Crippen LogP contribution in [0, 0.1) is 11.6 Å². The summed E-state index contributed by atoms with van der Waals surface area (Å²) in [5, 5.41) is 14.2. The molecule has 3 aromatic heterocycles. The fourth-order valence-corrected chi connectivity index (χ4v) is 6.05. The Labute approximate surface area is 294 Å². The zero-order valence-electron chi connectivity index (χ0n) is 28.0. The molecule has 0 spiro atoms. The minimum absolute atomic E-state index is 0.0567. The maximum atomic E-state index is 15.1. The lowest BCUT2D eigenvalue weighted by Gasteiger charge is -2.20. The fourth-order valence-electron chi connectivity index (χ4n) is 5.06. The Bertz CT molecular complexity index is 2460. The van der Waals surface area contributed by atoms with Gasteiger partial charge >= 0.3 is 11.7 Å². The number of amides is 2. The minimum Gasteiger partial charge on any atom is -0.480 e. The Morgan fingerprint density at radius 1 is 0.942 bits per heavy atom. The van der Waals surface area contributed by atoms with Crippen molar-refractivity contribution >= 4 is 44.4 Å². The summed E-state index contributed by atoms with van der Waals surface area (Å²) < 4.78 is 59.8. The Hall–Kier alpha value is -6.30. The first-order valence-electron chi connectivity index (χ1n) is 15.4. The van der Waals surface area contributed by atoms with Crippen molar-refractivity contribution in [2.24, 2.45) is 7.05 Å². The van der Waals surface area contributed by atoms with Crippen LogP contribution in [0.5, 0.6) is 0 Å². The van der Waals surface area contributed by atoms with Crippen molar-refractivity contribution in [3.8, 4) is 5.69 Å². The number of benzene rings is 2. The van der Waals surface area contributed by atoms with Gasteiger partial charge in [0.1, 0.15) is 17.7 Å². The number of aryl methyl sites for hydroxylation is 1. The van der Waals surface area contributed by atoms with Crippen LogP contribution in [0.1, 0.15) is 47.1 Å². The quantitative estimate of drug-likeness (QED) is 0.165. The van der Waals surface area contributed by atoms with E-state index in [9.17, 15) is 37.5 Å². The fraction of sp³-hybridized carbons (Fsp3) is 0.206. The van der Waals surface area contributed by atoms with E-state index in [-0.39, 0.29) is 23.1 Å². The summed E-state index contributed by atoms with van der Waals surface area (Å²) in [4.78, 5) is 71.0. The number of rotatable bonds is 10. The van der Waals surface area contributed by atoms with Gasteiger partial charge in [0.25, 0.3) is 27.4 Å². The smallest absolute Gasteiger partial charge is 0.335 e. The lowest BCUT2D eigenvalue weighted by Crippen LogP contribution is -2.42. The molecule has 5 rings (SSSR count). The molecule has 0 radical (unpaired) electrons. The standard InChI is InChI=1S/C34H31F2N7O8S/c1-34(2,3)40-29(44)19-7-10-28(38-16-19)52(50,51)41-25-15-23(35)22(14-24(25)36)30(45)39-26(32(47)48)13-18-5-8-20(9-6-18)43-31(46)21-11-12-37-17-27(21)42(4)33(43)49/h5-12,14-17,26,41H,13H2,1-4H3,(H,39,45)(H,40,44)(H,47,48)/t26-/m0/s1. The summed E-state index contributed by atoms with van der Waals surface area (Å²) >= 11 is 0. The van der Waals surface area contributed by atoms with Crippen LogP contribution in [0.3, 0.4) is 0 Å². The lowest BCUT2D eigenvalue weighted by atomic mass is 10.0. The molecule has 0 aliphatic carbocycles. The number of nitrogens with one attached hydrogen (secondary N) is 3. The molecule has 3 heterocycles. The molecule has 0 saturated heterocycles. The number of anilines is 1. The van der Waals surface area contributed by atoms with Crippen molar-refractivity contribution in [1.29, 1.82) is 0 Å². The Morgan fingerprint density at radius 3 is 2.25 bits per heavy atom. The monoisotopic (exact) mass is 735 g/mol. The van der Waals surface area contributed by atoms with E-state index < -0.39 is 78.5 Å². The second-order valence-electron chi connectivity index (χ2n) is 12.6. The molecule has 0 aliphatic rings. The number of sulfonamides is 1. The van der Waals surface area contributed by atoms with E-state index in [1.54, 1.807) is 20.8 Å². The number of nitrogens with zero attached hydrogens (tertiary/aromatic N) is 4. The molecule has 0 bridgehead atoms. The van der Waals surface area contributed by atoms with Gasteiger partial charge in [-0.15, -0.1) is 0 Å². The van der Waals surface area contributed by atoms with E-state index in [0.717, 1.165) is 16.8 Å². The van der Waals surface area contributed by atoms with Gasteiger partial charge in [-0.1, -0.05) is 12.1 Å². The first kappa shape index (κ1) is 37.0. The van der Waals surface area contributed by atoms with E-state index in [4.69, 9.17) is 0 Å². The lowest BCUT2D eigenvalue weighted by molar-refractivity contribution is -0.139. The predicted molar refractivity (Wildman–Crippen MR) is 184 cm³/mol. The highest BCUT2D eigenvalue weighted by Crippen LogP contribution is 2.23. The van der Waals surface area contributed by atoms with Gasteiger partial charge in [-0.05, 0) is 62.7 Å². The number of aliphatic carboxylic acids is 1. The SMILES string of the molecule is Cn1c(=O)n(-c2ccc(C[C@H](NC(=O)c3cc(F)c(NS(=O)(=O)c4ccc(C(=O)NC(C)(C)C)cn4)cc3F)C(=O)O)cc2)c(=O)c2ccncc21. The van der Waals surface area contributed by atoms with Crippen molar-refractivity contribution in [3.63, 3.8) is 0 Å². The van der Waals surface area contributed by atoms with Gasteiger partial charge in [0.2, 0.25) is 0 Å². The van der Waals surface area contributed by atoms with Gasteiger partial charge in [-0.25, -0.2) is 27.9 Å². The molecule has 18 heteroatoms. The molecule has 270 valence electrons. The predicted octanol–water partition coefficient (Wildman–Crippen LogP) is 2.51. The van der Waals surface area contributed by atoms with E-state index in [1.165, 1.54) is 60.4 Å². The van der Waals surface area contributed by atoms with Crippen LogP contribution in [-0.4, -0.2) is 62.0 Å². The van der Waals surface area contributed by atoms with E-state index in [2.05, 4.69) is 20.6 Å². The molecule has 1 atom stereocenters. The van der Waals surface area contributed by atoms with Crippen LogP contribution in [0.4, 0.5) is 14.5 Å². The molecule has 15 nitrogen and oxygen atoms in total. The second kappa shape index (κ2) is 14.1. The summed E-state index contributed by atoms with van der Waals surface area (Å²) in [6.07, 6.45) is 3.47. The van der Waals surface area contributed by atoms with E-state index in [1.807, 2.05) is 4.72 Å². The molecule has 4 N–H and O–H groups in total. The number of carbonyl (C=O) groups is 3. The van der Waals surface area contributed by atoms with Crippen molar-refractivity contribution in [2.45, 2.75) is 43.8 Å². The maximum Gasteiger partial charge on any atom is 0.335 e. The van der Waals surface area contributed by atoms with Crippen LogP contribution in [0.2, 0.25) is 0 Å². The number of carboxylic acids is 1. The first-order chi connectivity index (χ1) is 24.4. The van der Waals surface area contributed by atoms with Crippen LogP contribution < -0.4 is 26.6 Å². The van der Waals surface area contributed by atoms with Crippen molar-refractivity contribution < 1.29 is 36.7 Å². The minimum atomic E-state index is -4.58. The number of carbonyl (C=O) groups excluding carboxylic acids is 2. The topological polar surface area (TPSA) is 211 Å². The average Bonchev–Trinajstić information content (AvgIpc) is 3.08. The molecule has 0 fully saturated rings. The first-order valence-corrected chi connectivity index (χ1v) is 16.8. The zero-order valence-corrected chi connectivity index (χ0v) is 28.8. The number of hydrogen-bond acceptors (Lipinski definition) is 9. The number of aromatic nitrogens is 4. The van der Waals surface area contributed by atoms with Crippen LogP contribution in [0.25, 0.3) is 16.6 Å². The number of halogens is 2. The molecule has 52 heavy (non-hydrogen) atoms. The third-order valence-electron chi connectivity index (χ3n) is 7.62. The molecule has 0 unspecified atom stereocenters. The molecule has 2 aromatic carbocycles. The highest BCUT2D eigenvalue weighted by molar-refractivity contribution is 7.92. The Balaban J connectivity index is 1.30. The Morgan fingerprint density at radius 2 is 1.63 bits per heavy atom. The summed E-state index contributed by atoms with van der Waals surface area (Å²) in [5.41, 5.74) is -2.65. The number of hydrogen-bond donors (Lipinski definition) is 4. The molecule has 5 aromatic rings. The number of pyridine rings is 2. The normalized spacial score (nSPS) is 12.3. The third kappa shape index (κ3) is 7.86. The average molecular weight is 736 g/mol. The number of carboxylic acid groups (broad SMARTS) is 1. The molecular formula is C34H31F2N7O8S. The van der Waals surface area contributed by atoms with Crippen molar-refractivity contribution in [1.82, 2.24) is 29.7 Å². The second-order valence-corrected chi connectivity index (χ2v) is 14.2. The molecule has 0 aliphatic heterocycles. The third-order valence-corrected chi connectivity index (χ3v) is 8.90. The van der Waals surface area contributed by atoms with Gasteiger partial charge < -0.3 is 15.7 Å². The van der Waals surface area contributed by atoms with Gasteiger partial charge in [0.15, 0.2) is 5.03 Å². The molecule has 0 saturated carbocycles. The van der Waals surface area contributed by atoms with E-state index >= 15 is 8.78 Å². The highest BCUT2D eigenvalue weighted by Gasteiger charge is 2.26. The summed E-state index contributed by atoms with van der Waals surface area (Å²) in [5.74, 6) is -6.05. The van der Waals surface area contributed by atoms with Crippen LogP contribution in [0.15, 0.2) is 87.8 Å². The number of fused-ring (bicyclic) bond motifs is 1. The van der Waals surface area contributed by atoms with Gasteiger partial charge in [0.05, 0.1) is 39.6 Å². The summed E-state index contributed by atoms with van der Waals surface area (Å²) in [7, 11) is -3.10. The van der Waals surface area contributed by atoms with E-state index in [0.29, 0.717) is 23.2 Å². The van der Waals surface area contributed by atoms with Crippen molar-refractivity contribution in [3.05, 3.63) is 122 Å². The van der Waals surface area contributed by atoms with Crippen molar-refractivity contribution in [2.75, 3.05) is 4.72 Å². The highest BCUT2D eigenvalue weighted by atomic mass is 32.2. The molecule has 2 amide bonds. The summed E-state index contributed by atoms with van der Waals surface area (Å²) in [6, 6.07) is 8.53. The largest absolute Gasteiger partial charge is 0.480 e. The van der Waals surface area contributed by atoms with Gasteiger partial charge in [-0.2, -0.15) is 8.42 Å². The van der Waals surface area contributed by atoms with Crippen LogP contribution >= 0.6 is 0 Å². The van der Waals surface area contributed by atoms with Crippen LogP contribution in [-0.2, 0) is 28.3 Å². The van der Waals surface area contributed by atoms with Gasteiger partial charge in [-0.3, -0.25) is 28.7 Å². The summed E-state index contributed by atoms with van der Waals surface area (Å²) in [6.45, 7) is 5.25. The van der Waals surface area contributed by atoms with Gasteiger partial charge in [0, 0.05) is 37.5 Å². The Kier molecular flexibility index (Phi) is 10.1. The maximum absolute atomic E-state index is 15.1.